The van der Waals surface area contributed by atoms with Gasteiger partial charge in [-0.15, -0.1) is 36.6 Å². The highest BCUT2D eigenvalue weighted by molar-refractivity contribution is 7.99. The van der Waals surface area contributed by atoms with Crippen LogP contribution < -0.4 is 5.32 Å². The number of likely N-dealkylation sites (tertiary alicyclic amines) is 1. The molecule has 1 fully saturated rings. The van der Waals surface area contributed by atoms with Crippen molar-refractivity contribution in [3.05, 3.63) is 112 Å². The fraction of sp³-hybridized carbons (Fsp3) is 0.300. The Hall–Kier alpha value is -2.42. The Labute approximate surface area is 245 Å². The predicted molar refractivity (Wildman–Crippen MR) is 162 cm³/mol. The molecule has 1 amide bonds. The Morgan fingerprint density at radius 2 is 1.46 bits per heavy atom. The molecule has 1 saturated heterocycles. The number of thioether (sulfide) groups is 1. The molecule has 1 aliphatic carbocycles. The molecule has 1 heterocycles. The summed E-state index contributed by atoms with van der Waals surface area (Å²) in [5.41, 5.74) is 5.29. The molecule has 9 heteroatoms. The number of amides is 1. The van der Waals surface area contributed by atoms with Crippen LogP contribution >= 0.6 is 36.6 Å². The van der Waals surface area contributed by atoms with Crippen molar-refractivity contribution in [3.8, 4) is 0 Å². The van der Waals surface area contributed by atoms with Crippen LogP contribution in [0.4, 0.5) is 8.78 Å². The zero-order valence-corrected chi connectivity index (χ0v) is 24.0. The molecule has 0 unspecified atom stereocenters. The van der Waals surface area contributed by atoms with Crippen molar-refractivity contribution in [3.63, 3.8) is 0 Å². The van der Waals surface area contributed by atoms with Crippen LogP contribution in [0.5, 0.6) is 0 Å². The van der Waals surface area contributed by atoms with Crippen LogP contribution in [-0.2, 0) is 16.7 Å². The van der Waals surface area contributed by atoms with Gasteiger partial charge in [-0.05, 0) is 65.4 Å². The van der Waals surface area contributed by atoms with Gasteiger partial charge in [0.25, 0.3) is 0 Å². The number of carbonyl (C=O) groups excluding carboxylic acids is 1. The number of fused-ring (bicyclic) bond motifs is 1. The summed E-state index contributed by atoms with van der Waals surface area (Å²) < 4.78 is 26.9. The van der Waals surface area contributed by atoms with E-state index in [1.807, 2.05) is 23.1 Å². The predicted octanol–water partition coefficient (Wildman–Crippen LogP) is 5.93. The summed E-state index contributed by atoms with van der Waals surface area (Å²) in [6, 6.07) is 21.7. The summed E-state index contributed by atoms with van der Waals surface area (Å²) in [5, 5.41) is 3.66. The minimum absolute atomic E-state index is 0. The number of nitrogens with zero attached hydrogens (tertiary/aromatic N) is 1. The molecular weight excluding hydrogens is 561 g/mol. The number of halogens is 4. The second-order valence-corrected chi connectivity index (χ2v) is 10.6. The van der Waals surface area contributed by atoms with Gasteiger partial charge in [0.1, 0.15) is 11.6 Å². The Morgan fingerprint density at radius 3 is 2.03 bits per heavy atom. The van der Waals surface area contributed by atoms with E-state index in [2.05, 4.69) is 17.4 Å². The molecule has 0 aromatic heterocycles. The first-order valence-corrected chi connectivity index (χ1v) is 13.6. The number of carbonyl (C=O) groups is 1. The monoisotopic (exact) mass is 595 g/mol. The second kappa shape index (κ2) is 15.4. The normalized spacial score (nSPS) is 14.5. The van der Waals surface area contributed by atoms with Crippen LogP contribution in [0.15, 0.2) is 78.4 Å². The third-order valence-corrected chi connectivity index (χ3v) is 8.31. The summed E-state index contributed by atoms with van der Waals surface area (Å²) in [6.07, 6.45) is 4.65. The summed E-state index contributed by atoms with van der Waals surface area (Å²) in [4.78, 5) is 15.0. The summed E-state index contributed by atoms with van der Waals surface area (Å²) in [7, 11) is 0. The highest BCUT2D eigenvalue weighted by Gasteiger charge is 2.27. The molecular formula is C30H35Cl2F2N2O2S+. The van der Waals surface area contributed by atoms with Gasteiger partial charge in [-0.1, -0.05) is 48.5 Å². The topological polar surface area (TPSA) is 65.3 Å². The van der Waals surface area contributed by atoms with Crippen molar-refractivity contribution in [2.45, 2.75) is 30.6 Å². The molecule has 0 saturated carbocycles. The van der Waals surface area contributed by atoms with Crippen LogP contribution in [-0.4, -0.2) is 42.2 Å². The Kier molecular flexibility index (Phi) is 12.9. The van der Waals surface area contributed by atoms with Crippen molar-refractivity contribution in [1.29, 1.82) is 0 Å². The van der Waals surface area contributed by atoms with Crippen molar-refractivity contribution in [2.75, 3.05) is 25.4 Å². The molecule has 1 aliphatic heterocycles. The Bertz CT molecular complexity index is 1190. The maximum Gasteiger partial charge on any atom is 0.250 e. The number of nitrogens with one attached hydrogen (secondary N) is 1. The molecule has 0 bridgehead atoms. The zero-order valence-electron chi connectivity index (χ0n) is 21.5. The quantitative estimate of drug-likeness (QED) is 0.259. The van der Waals surface area contributed by atoms with Gasteiger partial charge in [0, 0.05) is 43.4 Å². The Balaban J connectivity index is 0.00000178. The molecule has 0 atom stereocenters. The third kappa shape index (κ3) is 8.29. The summed E-state index contributed by atoms with van der Waals surface area (Å²) in [6.45, 7) is 2.37. The number of rotatable bonds is 8. The van der Waals surface area contributed by atoms with E-state index in [0.717, 1.165) is 66.9 Å². The molecule has 2 aliphatic rings. The number of hydrogen-bond acceptors (Lipinski definition) is 3. The largest absolute Gasteiger partial charge is 0.457 e. The molecule has 4 N–H and O–H groups in total. The van der Waals surface area contributed by atoms with Crippen molar-refractivity contribution >= 4 is 48.6 Å². The number of piperidine rings is 1. The average molecular weight is 597 g/mol. The molecule has 3 aromatic carbocycles. The lowest BCUT2D eigenvalue weighted by atomic mass is 10.0. The molecule has 5 rings (SSSR count). The molecule has 0 spiro atoms. The van der Waals surface area contributed by atoms with Crippen molar-refractivity contribution in [2.24, 2.45) is 0 Å². The molecule has 210 valence electrons. The maximum absolute atomic E-state index is 13.5. The van der Waals surface area contributed by atoms with Gasteiger partial charge in [0.2, 0.25) is 5.91 Å². The van der Waals surface area contributed by atoms with Crippen molar-refractivity contribution < 1.29 is 19.1 Å². The molecule has 39 heavy (non-hydrogen) atoms. The van der Waals surface area contributed by atoms with E-state index < -0.39 is 0 Å². The van der Waals surface area contributed by atoms with Gasteiger partial charge < -0.3 is 15.7 Å². The second-order valence-electron chi connectivity index (χ2n) is 9.42. The highest BCUT2D eigenvalue weighted by Crippen LogP contribution is 2.35. The van der Waals surface area contributed by atoms with Crippen LogP contribution in [0, 0.1) is 11.6 Å². The van der Waals surface area contributed by atoms with E-state index in [1.54, 1.807) is 36.0 Å². The third-order valence-electron chi connectivity index (χ3n) is 6.99. The highest BCUT2D eigenvalue weighted by atomic mass is 35.5. The minimum atomic E-state index is -0.262. The lowest BCUT2D eigenvalue weighted by molar-refractivity contribution is -0.128. The lowest BCUT2D eigenvalue weighted by Gasteiger charge is -2.33. The average Bonchev–Trinajstić information content (AvgIpc) is 3.35. The van der Waals surface area contributed by atoms with E-state index in [0.29, 0.717) is 6.04 Å². The zero-order chi connectivity index (χ0) is 24.9. The fourth-order valence-corrected chi connectivity index (χ4v) is 6.18. The molecule has 4 nitrogen and oxygen atoms in total. The minimum Gasteiger partial charge on any atom is -0.457 e. The van der Waals surface area contributed by atoms with Crippen LogP contribution in [0.2, 0.25) is 0 Å². The fourth-order valence-electron chi connectivity index (χ4n) is 5.01. The number of benzene rings is 3. The first-order chi connectivity index (χ1) is 17.6. The van der Waals surface area contributed by atoms with E-state index in [9.17, 15) is 13.6 Å². The first kappa shape index (κ1) is 32.8. The van der Waals surface area contributed by atoms with Crippen molar-refractivity contribution in [1.82, 2.24) is 10.2 Å². The number of hydrogen-bond donors (Lipinski definition) is 1. The smallest absolute Gasteiger partial charge is 0.250 e. The standard InChI is InChI=1S/C30H30F2N2OS.2ClH.H2O/c31-26-9-5-21(6-10-26)29(22-7-11-27(32)12-8-22)36-18-15-33-28-13-16-34(17-14-28)30(35)25-19-23-3-1-2-4-24(23)20-25;;;/h1-12,19,28-29,33H,13-18,20H2;2*1H;1H2/p+1. The van der Waals surface area contributed by atoms with Gasteiger partial charge in [-0.3, -0.25) is 4.79 Å². The Morgan fingerprint density at radius 1 is 0.897 bits per heavy atom. The lowest BCUT2D eigenvalue weighted by Crippen LogP contribution is -2.45. The summed E-state index contributed by atoms with van der Waals surface area (Å²) >= 11 is 1.76. The van der Waals surface area contributed by atoms with Gasteiger partial charge in [0.05, 0.1) is 5.25 Å². The maximum atomic E-state index is 13.5. The van der Waals surface area contributed by atoms with Crippen LogP contribution in [0.3, 0.4) is 0 Å². The SMILES string of the molecule is Cl.Cl.O=C(C1=Cc2ccccc2C1)N1CCC(NCCSC(c2ccc(F)cc2)c2ccc(F)cc2)CC1.[OH3+]. The van der Waals surface area contributed by atoms with Crippen LogP contribution in [0.1, 0.15) is 40.3 Å². The molecule has 0 radical (unpaired) electrons. The van der Waals surface area contributed by atoms with Gasteiger partial charge in [0.15, 0.2) is 0 Å². The molecule has 3 aromatic rings. The van der Waals surface area contributed by atoms with E-state index in [1.165, 1.54) is 29.8 Å². The first-order valence-electron chi connectivity index (χ1n) is 12.5. The van der Waals surface area contributed by atoms with Crippen LogP contribution in [0.25, 0.3) is 6.08 Å². The van der Waals surface area contributed by atoms with E-state index in [-0.39, 0.29) is 53.1 Å². The van der Waals surface area contributed by atoms with Gasteiger partial charge >= 0.3 is 0 Å². The van der Waals surface area contributed by atoms with E-state index >= 15 is 0 Å². The van der Waals surface area contributed by atoms with Gasteiger partial charge in [-0.25, -0.2) is 8.78 Å². The van der Waals surface area contributed by atoms with Gasteiger partial charge in [-0.2, -0.15) is 0 Å². The summed E-state index contributed by atoms with van der Waals surface area (Å²) in [5.74, 6) is 0.509. The van der Waals surface area contributed by atoms with E-state index in [4.69, 9.17) is 0 Å².